The number of benzene rings is 1. The largest absolute Gasteiger partial charge is 0.322 e. The highest BCUT2D eigenvalue weighted by Crippen LogP contribution is 2.39. The van der Waals surface area contributed by atoms with Crippen LogP contribution >= 0.6 is 27.3 Å². The quantitative estimate of drug-likeness (QED) is 0.634. The smallest absolute Gasteiger partial charge is 0.258 e. The number of nitrogens with one attached hydrogen (secondary N) is 2. The lowest BCUT2D eigenvalue weighted by atomic mass is 10.1. The first-order valence-electron chi connectivity index (χ1n) is 10.3. The van der Waals surface area contributed by atoms with Crippen LogP contribution in [0, 0.1) is 0 Å². The van der Waals surface area contributed by atoms with Gasteiger partial charge in [-0.1, -0.05) is 28.8 Å². The number of anilines is 2. The molecule has 0 radical (unpaired) electrons. The van der Waals surface area contributed by atoms with E-state index in [-0.39, 0.29) is 11.8 Å². The second kappa shape index (κ2) is 9.41. The first-order valence-corrected chi connectivity index (χ1v) is 11.9. The highest BCUT2D eigenvalue weighted by molar-refractivity contribution is 9.10. The van der Waals surface area contributed by atoms with Gasteiger partial charge in [0.2, 0.25) is 5.91 Å². The summed E-state index contributed by atoms with van der Waals surface area (Å²) in [5, 5.41) is 6.74. The maximum Gasteiger partial charge on any atom is 0.258 e. The van der Waals surface area contributed by atoms with E-state index in [0.29, 0.717) is 17.1 Å². The van der Waals surface area contributed by atoms with Gasteiger partial charge in [-0.05, 0) is 75.0 Å². The minimum Gasteiger partial charge on any atom is -0.322 e. The Bertz CT molecular complexity index is 886. The number of hydrogen-bond acceptors (Lipinski definition) is 4. The number of halogens is 1. The average molecular weight is 476 g/mol. The van der Waals surface area contributed by atoms with Gasteiger partial charge >= 0.3 is 0 Å². The van der Waals surface area contributed by atoms with Crippen LogP contribution in [0.5, 0.6) is 0 Å². The molecule has 7 heteroatoms. The minimum atomic E-state index is -0.142. The maximum atomic E-state index is 13.1. The van der Waals surface area contributed by atoms with E-state index in [2.05, 4.69) is 31.5 Å². The van der Waals surface area contributed by atoms with Gasteiger partial charge < -0.3 is 10.6 Å². The summed E-state index contributed by atoms with van der Waals surface area (Å²) >= 11 is 4.98. The van der Waals surface area contributed by atoms with E-state index in [1.807, 2.05) is 24.3 Å². The highest BCUT2D eigenvalue weighted by Gasteiger charge is 2.28. The Morgan fingerprint density at radius 3 is 2.41 bits per heavy atom. The van der Waals surface area contributed by atoms with E-state index < -0.39 is 0 Å². The van der Waals surface area contributed by atoms with Gasteiger partial charge in [-0.25, -0.2) is 0 Å². The second-order valence-electron chi connectivity index (χ2n) is 7.76. The molecule has 0 atom stereocenters. The second-order valence-corrected chi connectivity index (χ2v) is 9.78. The summed E-state index contributed by atoms with van der Waals surface area (Å²) in [6.07, 6.45) is 7.76. The highest BCUT2D eigenvalue weighted by atomic mass is 79.9. The van der Waals surface area contributed by atoms with Crippen molar-refractivity contribution in [2.45, 2.75) is 44.9 Å². The number of rotatable bonds is 5. The van der Waals surface area contributed by atoms with E-state index in [9.17, 15) is 9.59 Å². The number of hydrogen-bond donors (Lipinski definition) is 2. The molecule has 2 N–H and O–H groups in total. The molecule has 2 aliphatic rings. The maximum absolute atomic E-state index is 13.1. The molecule has 1 aliphatic heterocycles. The number of amides is 2. The molecule has 154 valence electrons. The fraction of sp³-hybridized carbons (Fsp3) is 0.455. The van der Waals surface area contributed by atoms with Crippen molar-refractivity contribution >= 4 is 49.8 Å². The summed E-state index contributed by atoms with van der Waals surface area (Å²) in [5.41, 5.74) is 2.50. The van der Waals surface area contributed by atoms with Crippen LogP contribution in [0.25, 0.3) is 0 Å². The van der Waals surface area contributed by atoms with Crippen molar-refractivity contribution < 1.29 is 9.59 Å². The number of fused-ring (bicyclic) bond motifs is 1. The lowest BCUT2D eigenvalue weighted by Gasteiger charge is -2.19. The first-order chi connectivity index (χ1) is 14.1. The first kappa shape index (κ1) is 20.6. The van der Waals surface area contributed by atoms with E-state index in [1.54, 1.807) is 11.3 Å². The molecule has 2 heterocycles. The van der Waals surface area contributed by atoms with Crippen molar-refractivity contribution in [1.29, 1.82) is 0 Å². The molecular weight excluding hydrogens is 450 g/mol. The van der Waals surface area contributed by atoms with Crippen molar-refractivity contribution in [3.63, 3.8) is 0 Å². The average Bonchev–Trinajstić information content (AvgIpc) is 3.16. The molecule has 1 aromatic heterocycles. The molecule has 0 spiro atoms. The molecule has 2 aromatic rings. The third-order valence-electron chi connectivity index (χ3n) is 5.57. The summed E-state index contributed by atoms with van der Waals surface area (Å²) < 4.78 is 0.966. The predicted octanol–water partition coefficient (Wildman–Crippen LogP) is 5.07. The third kappa shape index (κ3) is 5.08. The van der Waals surface area contributed by atoms with Crippen LogP contribution in [0.15, 0.2) is 28.7 Å². The van der Waals surface area contributed by atoms with Crippen LogP contribution in [0.3, 0.4) is 0 Å². The lowest BCUT2D eigenvalue weighted by molar-refractivity contribution is -0.117. The van der Waals surface area contributed by atoms with Crippen molar-refractivity contribution in [1.82, 2.24) is 4.90 Å². The van der Waals surface area contributed by atoms with E-state index in [0.717, 1.165) is 60.9 Å². The van der Waals surface area contributed by atoms with Gasteiger partial charge in [-0.15, -0.1) is 11.3 Å². The SMILES string of the molecule is O=C(CN1CCCCCC1)Nc1sc2c(c1C(=O)Nc1ccc(Br)cc1)CCC2. The molecule has 1 aliphatic carbocycles. The fourth-order valence-electron chi connectivity index (χ4n) is 4.12. The summed E-state index contributed by atoms with van der Waals surface area (Å²) in [7, 11) is 0. The molecule has 0 saturated carbocycles. The van der Waals surface area contributed by atoms with Crippen molar-refractivity contribution in [3.8, 4) is 0 Å². The summed E-state index contributed by atoms with van der Waals surface area (Å²) in [6.45, 7) is 2.35. The van der Waals surface area contributed by atoms with Crippen molar-refractivity contribution in [2.75, 3.05) is 30.3 Å². The lowest BCUT2D eigenvalue weighted by Crippen LogP contribution is -2.34. The molecule has 29 heavy (non-hydrogen) atoms. The molecule has 2 amide bonds. The van der Waals surface area contributed by atoms with Gasteiger partial charge in [0.15, 0.2) is 0 Å². The summed E-state index contributed by atoms with van der Waals surface area (Å²) in [6, 6.07) is 7.54. The monoisotopic (exact) mass is 475 g/mol. The van der Waals surface area contributed by atoms with E-state index >= 15 is 0 Å². The fourth-order valence-corrected chi connectivity index (χ4v) is 5.69. The van der Waals surface area contributed by atoms with E-state index in [1.165, 1.54) is 17.7 Å². The van der Waals surface area contributed by atoms with Gasteiger partial charge in [0.1, 0.15) is 5.00 Å². The minimum absolute atomic E-state index is 0.0236. The zero-order valence-corrected chi connectivity index (χ0v) is 18.8. The Morgan fingerprint density at radius 2 is 1.69 bits per heavy atom. The van der Waals surface area contributed by atoms with Crippen LogP contribution < -0.4 is 10.6 Å². The zero-order valence-electron chi connectivity index (χ0n) is 16.4. The Balaban J connectivity index is 1.49. The molecule has 1 aromatic carbocycles. The summed E-state index contributed by atoms with van der Waals surface area (Å²) in [4.78, 5) is 29.2. The van der Waals surface area contributed by atoms with Crippen LogP contribution in [0.4, 0.5) is 10.7 Å². The van der Waals surface area contributed by atoms with Gasteiger partial charge in [0.25, 0.3) is 5.91 Å². The number of likely N-dealkylation sites (tertiary alicyclic amines) is 1. The topological polar surface area (TPSA) is 61.4 Å². The number of carbonyl (C=O) groups is 2. The third-order valence-corrected chi connectivity index (χ3v) is 7.31. The summed E-state index contributed by atoms with van der Waals surface area (Å²) in [5.74, 6) is -0.165. The van der Waals surface area contributed by atoms with Crippen LogP contribution in [0.1, 0.15) is 52.9 Å². The molecule has 1 fully saturated rings. The van der Waals surface area contributed by atoms with E-state index in [4.69, 9.17) is 0 Å². The standard InChI is InChI=1S/C22H26BrN3O2S/c23-15-8-10-16(11-9-15)24-21(28)20-17-6-5-7-18(17)29-22(20)25-19(27)14-26-12-3-1-2-4-13-26/h8-11H,1-7,12-14H2,(H,24,28)(H,25,27). The molecule has 4 rings (SSSR count). The van der Waals surface area contributed by atoms with Crippen molar-refractivity contribution in [2.24, 2.45) is 0 Å². The normalized spacial score (nSPS) is 16.9. The molecule has 0 bridgehead atoms. The number of aryl methyl sites for hydroxylation is 1. The van der Waals surface area contributed by atoms with Gasteiger partial charge in [-0.2, -0.15) is 0 Å². The Hall–Kier alpha value is -1.70. The van der Waals surface area contributed by atoms with Gasteiger partial charge in [-0.3, -0.25) is 14.5 Å². The molecule has 5 nitrogen and oxygen atoms in total. The Labute approximate surface area is 184 Å². The zero-order chi connectivity index (χ0) is 20.2. The number of carbonyl (C=O) groups excluding carboxylic acids is 2. The Morgan fingerprint density at radius 1 is 0.966 bits per heavy atom. The number of thiophene rings is 1. The molecule has 0 unspecified atom stereocenters. The van der Waals surface area contributed by atoms with Crippen LogP contribution in [0.2, 0.25) is 0 Å². The Kier molecular flexibility index (Phi) is 6.67. The number of nitrogens with zero attached hydrogens (tertiary/aromatic N) is 1. The predicted molar refractivity (Wildman–Crippen MR) is 122 cm³/mol. The van der Waals surface area contributed by atoms with Crippen LogP contribution in [-0.2, 0) is 17.6 Å². The molecule has 1 saturated heterocycles. The van der Waals surface area contributed by atoms with Gasteiger partial charge in [0.05, 0.1) is 12.1 Å². The van der Waals surface area contributed by atoms with Crippen LogP contribution in [-0.4, -0.2) is 36.3 Å². The van der Waals surface area contributed by atoms with Gasteiger partial charge in [0, 0.05) is 15.0 Å². The molecular formula is C22H26BrN3O2S. The van der Waals surface area contributed by atoms with Crippen molar-refractivity contribution in [3.05, 3.63) is 44.7 Å².